The van der Waals surface area contributed by atoms with Crippen LogP contribution < -0.4 is 0 Å². The molecule has 1 unspecified atom stereocenters. The van der Waals surface area contributed by atoms with Gasteiger partial charge < -0.3 is 10.0 Å². The molecule has 1 amide bonds. The minimum Gasteiger partial charge on any atom is -0.479 e. The molecule has 1 N–H and O–H groups in total. The number of carbonyl (C=O) groups is 2. The minimum absolute atomic E-state index is 0.0329. The van der Waals surface area contributed by atoms with Crippen LogP contribution in [-0.2, 0) is 16.1 Å². The number of nitrogens with zero attached hydrogens (tertiary/aromatic N) is 4. The predicted molar refractivity (Wildman–Crippen MR) is 75.6 cm³/mol. The lowest BCUT2D eigenvalue weighted by Gasteiger charge is -2.17. The molecular formula is C13H17FN4O5. The Morgan fingerprint density at radius 1 is 1.48 bits per heavy atom. The van der Waals surface area contributed by atoms with Gasteiger partial charge in [0.25, 0.3) is 0 Å². The second-order valence-corrected chi connectivity index (χ2v) is 5.59. The van der Waals surface area contributed by atoms with E-state index >= 15 is 0 Å². The third-order valence-corrected chi connectivity index (χ3v) is 4.02. The van der Waals surface area contributed by atoms with Crippen LogP contribution in [0.15, 0.2) is 0 Å². The molecule has 1 saturated heterocycles. The molecule has 126 valence electrons. The molecule has 0 aliphatic carbocycles. The molecule has 1 aromatic rings. The number of rotatable bonds is 5. The Hall–Kier alpha value is -2.52. The van der Waals surface area contributed by atoms with Crippen molar-refractivity contribution in [2.45, 2.75) is 38.9 Å². The average Bonchev–Trinajstić information content (AvgIpc) is 2.98. The van der Waals surface area contributed by atoms with Crippen molar-refractivity contribution >= 4 is 17.6 Å². The van der Waals surface area contributed by atoms with Crippen molar-refractivity contribution in [2.24, 2.45) is 0 Å². The van der Waals surface area contributed by atoms with Crippen molar-refractivity contribution in [3.63, 3.8) is 0 Å². The number of carboxylic acid groups (broad SMARTS) is 1. The van der Waals surface area contributed by atoms with Crippen molar-refractivity contribution in [3.05, 3.63) is 21.5 Å². The molecule has 1 fully saturated rings. The van der Waals surface area contributed by atoms with E-state index in [0.717, 1.165) is 4.90 Å². The van der Waals surface area contributed by atoms with Gasteiger partial charge in [-0.15, -0.1) is 0 Å². The number of amides is 1. The summed E-state index contributed by atoms with van der Waals surface area (Å²) in [6, 6.07) is 0. The monoisotopic (exact) mass is 328 g/mol. The van der Waals surface area contributed by atoms with Crippen LogP contribution in [0.2, 0.25) is 0 Å². The van der Waals surface area contributed by atoms with Gasteiger partial charge in [0.05, 0.1) is 18.0 Å². The van der Waals surface area contributed by atoms with Crippen LogP contribution >= 0.6 is 0 Å². The molecule has 2 rings (SSSR count). The smallest absolute Gasteiger partial charge is 0.343 e. The summed E-state index contributed by atoms with van der Waals surface area (Å²) in [4.78, 5) is 34.4. The van der Waals surface area contributed by atoms with Gasteiger partial charge in [-0.1, -0.05) is 0 Å². The number of carbonyl (C=O) groups excluding carboxylic acids is 1. The molecule has 10 heteroatoms. The number of aromatic nitrogens is 2. The fourth-order valence-electron chi connectivity index (χ4n) is 2.69. The lowest BCUT2D eigenvalue weighted by molar-refractivity contribution is -0.386. The Kier molecular flexibility index (Phi) is 4.35. The quantitative estimate of drug-likeness (QED) is 0.631. The summed E-state index contributed by atoms with van der Waals surface area (Å²) in [6.45, 7) is 2.73. The van der Waals surface area contributed by atoms with Crippen LogP contribution in [0.25, 0.3) is 0 Å². The van der Waals surface area contributed by atoms with Crippen LogP contribution in [0.5, 0.6) is 0 Å². The van der Waals surface area contributed by atoms with E-state index in [1.165, 1.54) is 18.5 Å². The third-order valence-electron chi connectivity index (χ3n) is 4.02. The van der Waals surface area contributed by atoms with Gasteiger partial charge in [0.1, 0.15) is 11.4 Å². The molecule has 2 heterocycles. The number of likely N-dealkylation sites (tertiary alicyclic amines) is 1. The van der Waals surface area contributed by atoms with Gasteiger partial charge >= 0.3 is 11.7 Å². The maximum absolute atomic E-state index is 13.9. The molecule has 1 atom stereocenters. The number of alkyl halides is 1. The molecule has 0 saturated carbocycles. The van der Waals surface area contributed by atoms with E-state index in [9.17, 15) is 24.1 Å². The first kappa shape index (κ1) is 16.8. The number of aliphatic carboxylic acids is 1. The molecule has 1 aliphatic heterocycles. The molecule has 0 bridgehead atoms. The lowest BCUT2D eigenvalue weighted by Crippen LogP contribution is -2.39. The summed E-state index contributed by atoms with van der Waals surface area (Å²) in [7, 11) is 0. The highest BCUT2D eigenvalue weighted by Crippen LogP contribution is 2.27. The normalized spacial score (nSPS) is 20.7. The zero-order valence-corrected chi connectivity index (χ0v) is 12.8. The molecule has 9 nitrogen and oxygen atoms in total. The maximum atomic E-state index is 13.9. The zero-order valence-electron chi connectivity index (χ0n) is 12.8. The summed E-state index contributed by atoms with van der Waals surface area (Å²) >= 11 is 0. The largest absolute Gasteiger partial charge is 0.479 e. The number of hydrogen-bond acceptors (Lipinski definition) is 5. The lowest BCUT2D eigenvalue weighted by atomic mass is 10.1. The van der Waals surface area contributed by atoms with Gasteiger partial charge in [0.2, 0.25) is 11.6 Å². The van der Waals surface area contributed by atoms with Crippen LogP contribution in [0.3, 0.4) is 0 Å². The highest BCUT2D eigenvalue weighted by molar-refractivity contribution is 5.82. The Morgan fingerprint density at radius 3 is 2.61 bits per heavy atom. The Labute approximate surface area is 130 Å². The van der Waals surface area contributed by atoms with Crippen LogP contribution in [0.4, 0.5) is 10.1 Å². The fourth-order valence-corrected chi connectivity index (χ4v) is 2.69. The molecule has 23 heavy (non-hydrogen) atoms. The first-order chi connectivity index (χ1) is 10.7. The number of carboxylic acids is 1. The first-order valence-electron chi connectivity index (χ1n) is 7.04. The molecule has 0 aromatic carbocycles. The van der Waals surface area contributed by atoms with E-state index in [-0.39, 0.29) is 37.3 Å². The minimum atomic E-state index is -2.40. The van der Waals surface area contributed by atoms with Crippen molar-refractivity contribution in [3.8, 4) is 0 Å². The van der Waals surface area contributed by atoms with E-state index in [0.29, 0.717) is 5.69 Å². The van der Waals surface area contributed by atoms with Crippen molar-refractivity contribution in [1.82, 2.24) is 14.7 Å². The average molecular weight is 328 g/mol. The van der Waals surface area contributed by atoms with Crippen molar-refractivity contribution in [2.75, 3.05) is 13.1 Å². The standard InChI is InChI=1S/C13H17FN4O5/c1-8-11(18(22)23)9(2)17(15-8)5-3-10(19)16-6-4-13(14,7-16)12(20)21/h3-7H2,1-2H3,(H,20,21). The summed E-state index contributed by atoms with van der Waals surface area (Å²) in [5, 5.41) is 23.8. The van der Waals surface area contributed by atoms with Crippen LogP contribution in [-0.4, -0.2) is 55.3 Å². The number of aryl methyl sites for hydroxylation is 2. The number of nitro groups is 1. The fraction of sp³-hybridized carbons (Fsp3) is 0.615. The highest BCUT2D eigenvalue weighted by Gasteiger charge is 2.46. The topological polar surface area (TPSA) is 119 Å². The summed E-state index contributed by atoms with van der Waals surface area (Å²) in [5.74, 6) is -1.97. The van der Waals surface area contributed by atoms with Gasteiger partial charge in [-0.25, -0.2) is 9.18 Å². The summed E-state index contributed by atoms with van der Waals surface area (Å²) in [5.41, 5.74) is -1.89. The zero-order chi connectivity index (χ0) is 17.4. The Balaban J connectivity index is 2.00. The first-order valence-corrected chi connectivity index (χ1v) is 7.04. The highest BCUT2D eigenvalue weighted by atomic mass is 19.1. The van der Waals surface area contributed by atoms with E-state index in [4.69, 9.17) is 5.11 Å². The molecular weight excluding hydrogens is 311 g/mol. The Bertz CT molecular complexity index is 674. The van der Waals surface area contributed by atoms with Crippen LogP contribution in [0, 0.1) is 24.0 Å². The second kappa shape index (κ2) is 5.94. The van der Waals surface area contributed by atoms with E-state index in [1.54, 1.807) is 0 Å². The molecule has 0 spiro atoms. The third kappa shape index (κ3) is 3.15. The van der Waals surface area contributed by atoms with E-state index < -0.39 is 29.0 Å². The number of hydrogen-bond donors (Lipinski definition) is 1. The predicted octanol–water partition coefficient (Wildman–Crippen LogP) is 0.823. The Morgan fingerprint density at radius 2 is 2.13 bits per heavy atom. The summed E-state index contributed by atoms with van der Waals surface area (Å²) in [6.07, 6.45) is -0.270. The van der Waals surface area contributed by atoms with Crippen molar-refractivity contribution in [1.29, 1.82) is 0 Å². The molecule has 1 aliphatic rings. The van der Waals surface area contributed by atoms with Gasteiger partial charge in [0.15, 0.2) is 0 Å². The number of halogens is 1. The molecule has 1 aromatic heterocycles. The van der Waals surface area contributed by atoms with Gasteiger partial charge in [-0.2, -0.15) is 5.10 Å². The van der Waals surface area contributed by atoms with Crippen molar-refractivity contribution < 1.29 is 24.0 Å². The van der Waals surface area contributed by atoms with Crippen LogP contribution in [0.1, 0.15) is 24.2 Å². The summed E-state index contributed by atoms with van der Waals surface area (Å²) < 4.78 is 15.3. The molecule has 0 radical (unpaired) electrons. The SMILES string of the molecule is Cc1nn(CCC(=O)N2CCC(F)(C(=O)O)C2)c(C)c1[N+](=O)[O-]. The maximum Gasteiger partial charge on any atom is 0.343 e. The van der Waals surface area contributed by atoms with E-state index in [2.05, 4.69) is 5.10 Å². The van der Waals surface area contributed by atoms with E-state index in [1.807, 2.05) is 0 Å². The van der Waals surface area contributed by atoms with Gasteiger partial charge in [-0.3, -0.25) is 19.6 Å². The van der Waals surface area contributed by atoms with Gasteiger partial charge in [0, 0.05) is 19.4 Å². The van der Waals surface area contributed by atoms with Gasteiger partial charge in [-0.05, 0) is 13.8 Å². The second-order valence-electron chi connectivity index (χ2n) is 5.59.